The van der Waals surface area contributed by atoms with Crippen molar-refractivity contribution in [1.29, 1.82) is 0 Å². The van der Waals surface area contributed by atoms with Crippen LogP contribution in [0, 0.1) is 0 Å². The molecule has 1 aliphatic heterocycles. The van der Waals surface area contributed by atoms with E-state index in [-0.39, 0.29) is 0 Å². The molecule has 0 aliphatic carbocycles. The van der Waals surface area contributed by atoms with E-state index in [4.69, 9.17) is 0 Å². The van der Waals surface area contributed by atoms with Crippen LogP contribution >= 0.6 is 0 Å². The molecule has 2 aromatic carbocycles. The Morgan fingerprint density at radius 1 is 1.12 bits per heavy atom. The zero-order valence-electron chi connectivity index (χ0n) is 16.0. The number of piperidine rings is 1. The minimum atomic E-state index is 0.513. The number of benzene rings is 2. The minimum absolute atomic E-state index is 0.513. The molecule has 0 N–H and O–H groups in total. The average molecular weight is 334 g/mol. The molecule has 1 fully saturated rings. The first-order valence-corrected chi connectivity index (χ1v) is 9.67. The highest BCUT2D eigenvalue weighted by Crippen LogP contribution is 2.33. The summed E-state index contributed by atoms with van der Waals surface area (Å²) in [5.74, 6) is 0.698. The number of rotatable bonds is 5. The highest BCUT2D eigenvalue weighted by molar-refractivity contribution is 5.65. The zero-order valence-corrected chi connectivity index (χ0v) is 16.0. The highest BCUT2D eigenvalue weighted by atomic mass is 15.2. The quantitative estimate of drug-likeness (QED) is 0.627. The van der Waals surface area contributed by atoms with Gasteiger partial charge in [-0.2, -0.15) is 0 Å². The predicted octanol–water partition coefficient (Wildman–Crippen LogP) is 6.22. The molecule has 1 saturated heterocycles. The molecule has 1 nitrogen and oxygen atoms in total. The molecule has 0 aromatic heterocycles. The van der Waals surface area contributed by atoms with Crippen LogP contribution in [0.25, 0.3) is 5.57 Å². The van der Waals surface area contributed by atoms with Gasteiger partial charge in [-0.3, -0.25) is 4.90 Å². The maximum Gasteiger partial charge on any atom is 0.0319 e. The summed E-state index contributed by atoms with van der Waals surface area (Å²) in [5.41, 5.74) is 6.91. The van der Waals surface area contributed by atoms with Crippen molar-refractivity contribution in [3.05, 3.63) is 77.4 Å². The van der Waals surface area contributed by atoms with Gasteiger partial charge in [-0.15, -0.1) is 0 Å². The molecular formula is C24H31N. The van der Waals surface area contributed by atoms with E-state index < -0.39 is 0 Å². The molecule has 1 heterocycles. The van der Waals surface area contributed by atoms with Gasteiger partial charge in [0.2, 0.25) is 0 Å². The first-order valence-electron chi connectivity index (χ1n) is 9.67. The van der Waals surface area contributed by atoms with Crippen molar-refractivity contribution in [3.8, 4) is 0 Å². The third-order valence-corrected chi connectivity index (χ3v) is 5.80. The van der Waals surface area contributed by atoms with Gasteiger partial charge in [0, 0.05) is 6.04 Å². The third kappa shape index (κ3) is 4.04. The Balaban J connectivity index is 1.67. The van der Waals surface area contributed by atoms with Crippen molar-refractivity contribution in [2.24, 2.45) is 0 Å². The van der Waals surface area contributed by atoms with Crippen molar-refractivity contribution in [1.82, 2.24) is 4.90 Å². The van der Waals surface area contributed by atoms with Crippen LogP contribution in [0.1, 0.15) is 67.8 Å². The second-order valence-corrected chi connectivity index (χ2v) is 7.45. The van der Waals surface area contributed by atoms with E-state index in [1.165, 1.54) is 53.8 Å². The Morgan fingerprint density at radius 2 is 1.80 bits per heavy atom. The second kappa shape index (κ2) is 8.01. The largest absolute Gasteiger partial charge is 0.297 e. The molecule has 0 bridgehead atoms. The van der Waals surface area contributed by atoms with E-state index >= 15 is 0 Å². The fourth-order valence-electron chi connectivity index (χ4n) is 4.14. The smallest absolute Gasteiger partial charge is 0.0319 e. The van der Waals surface area contributed by atoms with Gasteiger partial charge in [0.25, 0.3) is 0 Å². The number of allylic oxidation sites excluding steroid dienone is 1. The average Bonchev–Trinajstić information content (AvgIpc) is 2.67. The Labute approximate surface area is 153 Å². The van der Waals surface area contributed by atoms with Crippen LogP contribution in [0.2, 0.25) is 0 Å². The van der Waals surface area contributed by atoms with Gasteiger partial charge in [-0.25, -0.2) is 0 Å². The molecule has 132 valence electrons. The molecule has 2 aromatic rings. The number of aryl methyl sites for hydroxylation is 1. The Morgan fingerprint density at radius 3 is 2.40 bits per heavy atom. The van der Waals surface area contributed by atoms with Crippen LogP contribution in [-0.2, 0) is 6.42 Å². The lowest BCUT2D eigenvalue weighted by Crippen LogP contribution is -2.35. The topological polar surface area (TPSA) is 3.24 Å². The summed E-state index contributed by atoms with van der Waals surface area (Å²) in [6, 6.07) is 18.5. The maximum atomic E-state index is 4.13. The van der Waals surface area contributed by atoms with Gasteiger partial charge in [0.1, 0.15) is 0 Å². The van der Waals surface area contributed by atoms with E-state index in [1.54, 1.807) is 0 Å². The first kappa shape index (κ1) is 17.9. The summed E-state index contributed by atoms with van der Waals surface area (Å²) in [6.45, 7) is 13.2. The van der Waals surface area contributed by atoms with Crippen molar-refractivity contribution >= 4 is 5.57 Å². The van der Waals surface area contributed by atoms with Crippen LogP contribution in [0.15, 0.2) is 55.1 Å². The van der Waals surface area contributed by atoms with Gasteiger partial charge in [0.15, 0.2) is 0 Å². The molecular weight excluding hydrogens is 302 g/mol. The molecule has 0 amide bonds. The van der Waals surface area contributed by atoms with Crippen LogP contribution in [0.5, 0.6) is 0 Å². The molecule has 3 rings (SSSR count). The number of hydrogen-bond donors (Lipinski definition) is 0. The van der Waals surface area contributed by atoms with Gasteiger partial charge in [-0.1, -0.05) is 67.6 Å². The lowest BCUT2D eigenvalue weighted by Gasteiger charge is -2.36. The SMILES string of the molecule is C=C(C)c1ccc(C2CCN(C(C)c3ccccc3)CC2)cc1CC. The minimum Gasteiger partial charge on any atom is -0.297 e. The van der Waals surface area contributed by atoms with Crippen molar-refractivity contribution in [2.75, 3.05) is 13.1 Å². The molecule has 1 heteroatoms. The van der Waals surface area contributed by atoms with Crippen LogP contribution in [0.3, 0.4) is 0 Å². The van der Waals surface area contributed by atoms with Crippen LogP contribution < -0.4 is 0 Å². The Bertz CT molecular complexity index is 708. The zero-order chi connectivity index (χ0) is 17.8. The second-order valence-electron chi connectivity index (χ2n) is 7.45. The predicted molar refractivity (Wildman–Crippen MR) is 109 cm³/mol. The first-order chi connectivity index (χ1) is 12.1. The van der Waals surface area contributed by atoms with Gasteiger partial charge < -0.3 is 0 Å². The lowest BCUT2D eigenvalue weighted by molar-refractivity contribution is 0.162. The Kier molecular flexibility index (Phi) is 5.75. The molecule has 0 spiro atoms. The van der Waals surface area contributed by atoms with Gasteiger partial charge in [-0.05, 0) is 74.4 Å². The monoisotopic (exact) mass is 333 g/mol. The maximum absolute atomic E-state index is 4.13. The summed E-state index contributed by atoms with van der Waals surface area (Å²) in [4.78, 5) is 2.63. The fraction of sp³-hybridized carbons (Fsp3) is 0.417. The lowest BCUT2D eigenvalue weighted by atomic mass is 9.86. The molecule has 1 aliphatic rings. The number of likely N-dealkylation sites (tertiary alicyclic amines) is 1. The summed E-state index contributed by atoms with van der Waals surface area (Å²) in [6.07, 6.45) is 3.60. The molecule has 25 heavy (non-hydrogen) atoms. The van der Waals surface area contributed by atoms with Crippen molar-refractivity contribution in [3.63, 3.8) is 0 Å². The fourth-order valence-corrected chi connectivity index (χ4v) is 4.14. The van der Waals surface area contributed by atoms with Gasteiger partial charge >= 0.3 is 0 Å². The summed E-state index contributed by atoms with van der Waals surface area (Å²) in [7, 11) is 0. The molecule has 1 atom stereocenters. The highest BCUT2D eigenvalue weighted by Gasteiger charge is 2.24. The van der Waals surface area contributed by atoms with E-state index in [9.17, 15) is 0 Å². The van der Waals surface area contributed by atoms with E-state index in [0.29, 0.717) is 12.0 Å². The van der Waals surface area contributed by atoms with Gasteiger partial charge in [0.05, 0.1) is 0 Å². The molecule has 0 saturated carbocycles. The van der Waals surface area contributed by atoms with Crippen molar-refractivity contribution in [2.45, 2.75) is 52.0 Å². The van der Waals surface area contributed by atoms with E-state index in [1.807, 2.05) is 0 Å². The number of hydrogen-bond acceptors (Lipinski definition) is 1. The number of nitrogens with zero attached hydrogens (tertiary/aromatic N) is 1. The van der Waals surface area contributed by atoms with Crippen molar-refractivity contribution < 1.29 is 0 Å². The van der Waals surface area contributed by atoms with E-state index in [2.05, 4.69) is 80.8 Å². The third-order valence-electron chi connectivity index (χ3n) is 5.80. The standard InChI is InChI=1S/C24H31N/c1-5-20-17-23(11-12-24(20)18(2)3)22-13-15-25(16-14-22)19(4)21-9-7-6-8-10-21/h6-12,17,19,22H,2,5,13-16H2,1,3-4H3. The van der Waals surface area contributed by atoms with E-state index in [0.717, 1.165) is 6.42 Å². The Hall–Kier alpha value is -1.86. The normalized spacial score (nSPS) is 17.4. The summed E-state index contributed by atoms with van der Waals surface area (Å²) < 4.78 is 0. The summed E-state index contributed by atoms with van der Waals surface area (Å²) >= 11 is 0. The molecule has 0 radical (unpaired) electrons. The summed E-state index contributed by atoms with van der Waals surface area (Å²) in [5, 5.41) is 0. The van der Waals surface area contributed by atoms with Crippen LogP contribution in [0.4, 0.5) is 0 Å². The molecule has 1 unspecified atom stereocenters. The van der Waals surface area contributed by atoms with Crippen LogP contribution in [-0.4, -0.2) is 18.0 Å².